The summed E-state index contributed by atoms with van der Waals surface area (Å²) in [7, 11) is -4.18. The molecule has 1 heterocycles. The first-order valence-electron chi connectivity index (χ1n) is 4.82. The molecule has 1 aromatic carbocycles. The molecule has 0 atom stereocenters. The fourth-order valence-electron chi connectivity index (χ4n) is 1.62. The van der Waals surface area contributed by atoms with Crippen molar-refractivity contribution in [1.29, 1.82) is 0 Å². The monoisotopic (exact) mass is 273 g/mol. The molecular weight excluding hydrogens is 262 g/mol. The molecule has 0 fully saturated rings. The van der Waals surface area contributed by atoms with Gasteiger partial charge in [0.2, 0.25) is 4.80 Å². The average molecular weight is 273 g/mol. The minimum absolute atomic E-state index is 0.127. The third-order valence-electron chi connectivity index (χ3n) is 2.38. The van der Waals surface area contributed by atoms with Crippen LogP contribution in [0.1, 0.15) is 6.92 Å². The molecule has 2 aromatic rings. The average Bonchev–Trinajstić information content (AvgIpc) is 2.64. The van der Waals surface area contributed by atoms with Crippen LogP contribution in [0.25, 0.3) is 10.2 Å². The summed E-state index contributed by atoms with van der Waals surface area (Å²) in [4.78, 5) is 0.480. The number of aromatic nitrogens is 1. The van der Waals surface area contributed by atoms with Gasteiger partial charge in [0.05, 0.1) is 15.1 Å². The standard InChI is InChI=1S/C9H11N3O3S2/c1-2-12-7-4-3-6(17(13,14)15)5-8(7)16-9(12)11-10/h3-5H,2,10H2,1H3,(H,13,14,15)/b11-9+. The Morgan fingerprint density at radius 2 is 2.24 bits per heavy atom. The van der Waals surface area contributed by atoms with E-state index in [-0.39, 0.29) is 4.90 Å². The van der Waals surface area contributed by atoms with Crippen molar-refractivity contribution in [3.63, 3.8) is 0 Å². The quantitative estimate of drug-likeness (QED) is 0.479. The first-order chi connectivity index (χ1) is 7.97. The molecule has 0 aliphatic rings. The van der Waals surface area contributed by atoms with Crippen molar-refractivity contribution in [3.05, 3.63) is 23.0 Å². The highest BCUT2D eigenvalue weighted by Crippen LogP contribution is 2.21. The van der Waals surface area contributed by atoms with Crippen LogP contribution in [0.3, 0.4) is 0 Å². The van der Waals surface area contributed by atoms with E-state index >= 15 is 0 Å². The van der Waals surface area contributed by atoms with E-state index in [1.165, 1.54) is 23.5 Å². The number of benzene rings is 1. The summed E-state index contributed by atoms with van der Waals surface area (Å²) >= 11 is 1.27. The van der Waals surface area contributed by atoms with Crippen LogP contribution in [0, 0.1) is 0 Å². The van der Waals surface area contributed by atoms with Gasteiger partial charge in [-0.05, 0) is 25.1 Å². The summed E-state index contributed by atoms with van der Waals surface area (Å²) in [5, 5.41) is 3.64. The molecule has 17 heavy (non-hydrogen) atoms. The predicted molar refractivity (Wildman–Crippen MR) is 65.1 cm³/mol. The third kappa shape index (κ3) is 2.06. The van der Waals surface area contributed by atoms with Crippen LogP contribution in [0.2, 0.25) is 0 Å². The van der Waals surface area contributed by atoms with E-state index in [4.69, 9.17) is 10.4 Å². The van der Waals surface area contributed by atoms with Crippen molar-refractivity contribution in [3.8, 4) is 0 Å². The second-order valence-corrected chi connectivity index (χ2v) is 5.79. The highest BCUT2D eigenvalue weighted by atomic mass is 32.2. The fraction of sp³-hybridized carbons (Fsp3) is 0.222. The van der Waals surface area contributed by atoms with Gasteiger partial charge < -0.3 is 10.4 Å². The van der Waals surface area contributed by atoms with Crippen LogP contribution in [0.15, 0.2) is 28.2 Å². The van der Waals surface area contributed by atoms with Gasteiger partial charge in [0.15, 0.2) is 0 Å². The third-order valence-corrected chi connectivity index (χ3v) is 4.28. The number of hydrogen-bond acceptors (Lipinski definition) is 5. The Hall–Kier alpha value is -1.38. The van der Waals surface area contributed by atoms with E-state index in [0.717, 1.165) is 5.52 Å². The molecule has 0 bridgehead atoms. The number of thiazole rings is 1. The zero-order chi connectivity index (χ0) is 12.6. The summed E-state index contributed by atoms with van der Waals surface area (Å²) in [6, 6.07) is 4.40. The number of nitrogens with two attached hydrogens (primary N) is 1. The molecule has 6 nitrogen and oxygen atoms in total. The molecule has 0 saturated heterocycles. The molecule has 0 aliphatic heterocycles. The summed E-state index contributed by atoms with van der Waals surface area (Å²) in [5.41, 5.74) is 0.842. The highest BCUT2D eigenvalue weighted by molar-refractivity contribution is 7.85. The van der Waals surface area contributed by atoms with Gasteiger partial charge in [-0.15, -0.1) is 0 Å². The van der Waals surface area contributed by atoms with Gasteiger partial charge in [-0.3, -0.25) is 4.55 Å². The molecule has 8 heteroatoms. The molecule has 92 valence electrons. The molecule has 0 radical (unpaired) electrons. The number of hydrogen-bond donors (Lipinski definition) is 2. The normalized spacial score (nSPS) is 13.4. The van der Waals surface area contributed by atoms with Gasteiger partial charge in [-0.2, -0.15) is 13.5 Å². The van der Waals surface area contributed by atoms with E-state index in [9.17, 15) is 8.42 Å². The van der Waals surface area contributed by atoms with Crippen molar-refractivity contribution in [1.82, 2.24) is 4.57 Å². The molecule has 0 amide bonds. The lowest BCUT2D eigenvalue weighted by Gasteiger charge is -2.00. The van der Waals surface area contributed by atoms with E-state index in [1.807, 2.05) is 11.5 Å². The van der Waals surface area contributed by atoms with Crippen molar-refractivity contribution >= 4 is 31.7 Å². The van der Waals surface area contributed by atoms with E-state index < -0.39 is 10.1 Å². The van der Waals surface area contributed by atoms with Gasteiger partial charge in [0.25, 0.3) is 10.1 Å². The Kier molecular flexibility index (Phi) is 2.94. The highest BCUT2D eigenvalue weighted by Gasteiger charge is 2.12. The van der Waals surface area contributed by atoms with Crippen LogP contribution in [-0.2, 0) is 16.7 Å². The lowest BCUT2D eigenvalue weighted by molar-refractivity contribution is 0.483. The maximum Gasteiger partial charge on any atom is 0.294 e. The van der Waals surface area contributed by atoms with Crippen LogP contribution < -0.4 is 10.6 Å². The summed E-state index contributed by atoms with van der Waals surface area (Å²) in [6.45, 7) is 2.62. The molecule has 1 aromatic heterocycles. The molecule has 3 N–H and O–H groups in total. The Morgan fingerprint density at radius 3 is 2.76 bits per heavy atom. The van der Waals surface area contributed by atoms with Crippen LogP contribution >= 0.6 is 11.3 Å². The molecule has 2 rings (SSSR count). The Labute approximate surface area is 102 Å². The van der Waals surface area contributed by atoms with Crippen molar-refractivity contribution in [2.45, 2.75) is 18.4 Å². The largest absolute Gasteiger partial charge is 0.320 e. The van der Waals surface area contributed by atoms with Crippen molar-refractivity contribution in [2.75, 3.05) is 0 Å². The van der Waals surface area contributed by atoms with Crippen molar-refractivity contribution in [2.24, 2.45) is 10.9 Å². The van der Waals surface area contributed by atoms with E-state index in [1.54, 1.807) is 6.07 Å². The summed E-state index contributed by atoms with van der Waals surface area (Å²) < 4.78 is 33.6. The van der Waals surface area contributed by atoms with Crippen molar-refractivity contribution < 1.29 is 13.0 Å². The summed E-state index contributed by atoms with van der Waals surface area (Å²) in [5.74, 6) is 5.26. The Balaban J connectivity index is 2.82. The van der Waals surface area contributed by atoms with Crippen LogP contribution in [0.5, 0.6) is 0 Å². The topological polar surface area (TPSA) is 97.7 Å². The van der Waals surface area contributed by atoms with E-state index in [0.29, 0.717) is 16.0 Å². The van der Waals surface area contributed by atoms with Crippen LogP contribution in [-0.4, -0.2) is 17.5 Å². The lowest BCUT2D eigenvalue weighted by Crippen LogP contribution is -2.15. The minimum atomic E-state index is -4.18. The lowest BCUT2D eigenvalue weighted by atomic mass is 10.3. The molecule has 0 saturated carbocycles. The number of aryl methyl sites for hydroxylation is 1. The first kappa shape index (κ1) is 12.1. The zero-order valence-electron chi connectivity index (χ0n) is 8.99. The maximum atomic E-state index is 11.0. The Morgan fingerprint density at radius 1 is 1.53 bits per heavy atom. The second-order valence-electron chi connectivity index (χ2n) is 3.36. The first-order valence-corrected chi connectivity index (χ1v) is 7.08. The van der Waals surface area contributed by atoms with Gasteiger partial charge in [0.1, 0.15) is 0 Å². The van der Waals surface area contributed by atoms with Gasteiger partial charge in [0, 0.05) is 6.54 Å². The van der Waals surface area contributed by atoms with E-state index in [2.05, 4.69) is 5.10 Å². The van der Waals surface area contributed by atoms with Gasteiger partial charge in [-0.1, -0.05) is 11.3 Å². The molecule has 0 unspecified atom stereocenters. The second kappa shape index (κ2) is 4.13. The smallest absolute Gasteiger partial charge is 0.294 e. The summed E-state index contributed by atoms with van der Waals surface area (Å²) in [6.07, 6.45) is 0. The fourth-order valence-corrected chi connectivity index (χ4v) is 3.25. The number of fused-ring (bicyclic) bond motifs is 1. The maximum absolute atomic E-state index is 11.0. The molecular formula is C9H11N3O3S2. The van der Waals surface area contributed by atoms with Gasteiger partial charge in [-0.25, -0.2) is 0 Å². The predicted octanol–water partition coefficient (Wildman–Crippen LogP) is 0.744. The van der Waals surface area contributed by atoms with Crippen LogP contribution in [0.4, 0.5) is 0 Å². The Bertz CT molecular complexity index is 728. The molecule has 0 spiro atoms. The van der Waals surface area contributed by atoms with Gasteiger partial charge >= 0.3 is 0 Å². The zero-order valence-corrected chi connectivity index (χ0v) is 10.6. The SMILES string of the molecule is CCn1/c(=N\N)sc2cc(S(=O)(=O)O)ccc21. The number of nitrogens with zero attached hydrogens (tertiary/aromatic N) is 2. The molecule has 0 aliphatic carbocycles. The minimum Gasteiger partial charge on any atom is -0.320 e. The number of rotatable bonds is 2.